The van der Waals surface area contributed by atoms with Gasteiger partial charge in [-0.25, -0.2) is 9.80 Å². The Morgan fingerprint density at radius 2 is 2.10 bits per heavy atom. The standard InChI is InChI=1S/C16H24N2O3/c1-12-5-3-6-13(2)18(12)17-9-10-21-15-8-4-7-14(11-15)16(19)20/h4,7-8,11-13,17H,3,5-6,9-10H2,1-2H3,(H,19,20). The molecular formula is C16H24N2O3. The Morgan fingerprint density at radius 1 is 1.38 bits per heavy atom. The van der Waals surface area contributed by atoms with Gasteiger partial charge in [0.25, 0.3) is 0 Å². The number of nitrogens with one attached hydrogen (secondary N) is 1. The Balaban J connectivity index is 1.76. The minimum Gasteiger partial charge on any atom is -0.492 e. The molecule has 0 aromatic heterocycles. The van der Waals surface area contributed by atoms with Crippen LogP contribution in [0.25, 0.3) is 0 Å². The molecule has 2 N–H and O–H groups in total. The number of aromatic carboxylic acids is 1. The molecule has 1 aliphatic rings. The maximum atomic E-state index is 10.9. The van der Waals surface area contributed by atoms with Gasteiger partial charge in [-0.1, -0.05) is 12.5 Å². The van der Waals surface area contributed by atoms with E-state index >= 15 is 0 Å². The van der Waals surface area contributed by atoms with Crippen LogP contribution in [0.1, 0.15) is 43.5 Å². The number of hydrogen-bond acceptors (Lipinski definition) is 4. The van der Waals surface area contributed by atoms with Crippen LogP contribution < -0.4 is 10.2 Å². The molecule has 5 nitrogen and oxygen atoms in total. The van der Waals surface area contributed by atoms with Crippen molar-refractivity contribution in [3.63, 3.8) is 0 Å². The quantitative estimate of drug-likeness (QED) is 0.789. The summed E-state index contributed by atoms with van der Waals surface area (Å²) < 4.78 is 5.61. The zero-order valence-corrected chi connectivity index (χ0v) is 12.7. The van der Waals surface area contributed by atoms with Crippen molar-refractivity contribution in [2.75, 3.05) is 13.2 Å². The van der Waals surface area contributed by atoms with E-state index in [1.807, 2.05) is 0 Å². The van der Waals surface area contributed by atoms with Crippen LogP contribution in [0.15, 0.2) is 24.3 Å². The minimum absolute atomic E-state index is 0.249. The van der Waals surface area contributed by atoms with Crippen molar-refractivity contribution in [3.05, 3.63) is 29.8 Å². The summed E-state index contributed by atoms with van der Waals surface area (Å²) in [5, 5.41) is 11.2. The van der Waals surface area contributed by atoms with E-state index in [0.717, 1.165) is 0 Å². The predicted molar refractivity (Wildman–Crippen MR) is 81.5 cm³/mol. The Hall–Kier alpha value is -1.59. The van der Waals surface area contributed by atoms with Gasteiger partial charge in [0.1, 0.15) is 12.4 Å². The predicted octanol–water partition coefficient (Wildman–Crippen LogP) is 2.53. The molecule has 2 rings (SSSR count). The van der Waals surface area contributed by atoms with Crippen LogP contribution in [0.2, 0.25) is 0 Å². The monoisotopic (exact) mass is 292 g/mol. The molecule has 1 fully saturated rings. The normalized spacial score (nSPS) is 23.0. The summed E-state index contributed by atoms with van der Waals surface area (Å²) in [5.74, 6) is -0.342. The molecule has 1 aliphatic heterocycles. The molecule has 2 atom stereocenters. The Labute approximate surface area is 125 Å². The smallest absolute Gasteiger partial charge is 0.335 e. The lowest BCUT2D eigenvalue weighted by atomic mass is 10.00. The highest BCUT2D eigenvalue weighted by atomic mass is 16.5. The van der Waals surface area contributed by atoms with Gasteiger partial charge < -0.3 is 9.84 Å². The van der Waals surface area contributed by atoms with Gasteiger partial charge in [-0.15, -0.1) is 0 Å². The summed E-state index contributed by atoms with van der Waals surface area (Å²) in [6.45, 7) is 5.70. The summed E-state index contributed by atoms with van der Waals surface area (Å²) in [6.07, 6.45) is 3.73. The molecule has 1 aromatic carbocycles. The number of carbonyl (C=O) groups is 1. The summed E-state index contributed by atoms with van der Waals surface area (Å²) in [5.41, 5.74) is 3.67. The van der Waals surface area contributed by atoms with Crippen LogP contribution in [-0.2, 0) is 0 Å². The highest BCUT2D eigenvalue weighted by molar-refractivity contribution is 5.87. The van der Waals surface area contributed by atoms with E-state index < -0.39 is 5.97 Å². The van der Waals surface area contributed by atoms with Crippen LogP contribution in [0.3, 0.4) is 0 Å². The first kappa shape index (κ1) is 15.8. The molecule has 2 unspecified atom stereocenters. The number of carboxylic acid groups (broad SMARTS) is 1. The molecule has 0 bridgehead atoms. The Bertz CT molecular complexity index is 468. The molecule has 116 valence electrons. The van der Waals surface area contributed by atoms with Gasteiger partial charge in [0, 0.05) is 18.6 Å². The molecule has 0 aliphatic carbocycles. The van der Waals surface area contributed by atoms with E-state index in [9.17, 15) is 4.79 Å². The average molecular weight is 292 g/mol. The zero-order chi connectivity index (χ0) is 15.2. The van der Waals surface area contributed by atoms with Crippen LogP contribution in [0.5, 0.6) is 5.75 Å². The third-order valence-electron chi connectivity index (χ3n) is 3.94. The largest absolute Gasteiger partial charge is 0.492 e. The Kier molecular flexibility index (Phi) is 5.59. The van der Waals surface area contributed by atoms with Crippen LogP contribution in [-0.4, -0.2) is 41.3 Å². The number of nitrogens with zero attached hydrogens (tertiary/aromatic N) is 1. The van der Waals surface area contributed by atoms with Crippen molar-refractivity contribution in [2.24, 2.45) is 0 Å². The van der Waals surface area contributed by atoms with Crippen LogP contribution in [0, 0.1) is 0 Å². The van der Waals surface area contributed by atoms with Gasteiger partial charge in [0.05, 0.1) is 5.56 Å². The highest BCUT2D eigenvalue weighted by Crippen LogP contribution is 2.20. The van der Waals surface area contributed by atoms with Gasteiger partial charge in [-0.05, 0) is 44.9 Å². The van der Waals surface area contributed by atoms with Gasteiger partial charge in [0.15, 0.2) is 0 Å². The zero-order valence-electron chi connectivity index (χ0n) is 12.7. The maximum absolute atomic E-state index is 10.9. The lowest BCUT2D eigenvalue weighted by molar-refractivity contribution is 0.0416. The number of ether oxygens (including phenoxy) is 1. The second-order valence-corrected chi connectivity index (χ2v) is 5.63. The van der Waals surface area contributed by atoms with Crippen molar-refractivity contribution < 1.29 is 14.6 Å². The molecule has 1 saturated heterocycles. The first-order valence-corrected chi connectivity index (χ1v) is 7.56. The van der Waals surface area contributed by atoms with Crippen molar-refractivity contribution in [1.29, 1.82) is 0 Å². The lowest BCUT2D eigenvalue weighted by Crippen LogP contribution is -2.52. The van der Waals surface area contributed by atoms with E-state index in [-0.39, 0.29) is 5.56 Å². The summed E-state index contributed by atoms with van der Waals surface area (Å²) in [4.78, 5) is 10.9. The van der Waals surface area contributed by atoms with Crippen molar-refractivity contribution in [3.8, 4) is 5.75 Å². The molecule has 1 heterocycles. The second-order valence-electron chi connectivity index (χ2n) is 5.63. The third kappa shape index (κ3) is 4.44. The third-order valence-corrected chi connectivity index (χ3v) is 3.94. The second kappa shape index (κ2) is 7.43. The molecule has 0 saturated carbocycles. The lowest BCUT2D eigenvalue weighted by Gasteiger charge is -2.39. The number of hydrazine groups is 1. The topological polar surface area (TPSA) is 61.8 Å². The van der Waals surface area contributed by atoms with Gasteiger partial charge >= 0.3 is 5.97 Å². The average Bonchev–Trinajstić information content (AvgIpc) is 2.46. The number of piperidine rings is 1. The molecule has 0 spiro atoms. The van der Waals surface area contributed by atoms with Crippen molar-refractivity contribution in [1.82, 2.24) is 10.4 Å². The number of benzene rings is 1. The molecule has 21 heavy (non-hydrogen) atoms. The van der Waals surface area contributed by atoms with Crippen LogP contribution >= 0.6 is 0 Å². The molecule has 0 amide bonds. The fourth-order valence-corrected chi connectivity index (χ4v) is 2.80. The Morgan fingerprint density at radius 3 is 2.76 bits per heavy atom. The molecule has 1 aromatic rings. The van der Waals surface area contributed by atoms with Gasteiger partial charge in [0.2, 0.25) is 0 Å². The van der Waals surface area contributed by atoms with E-state index in [0.29, 0.717) is 31.0 Å². The van der Waals surface area contributed by atoms with Gasteiger partial charge in [-0.3, -0.25) is 5.43 Å². The maximum Gasteiger partial charge on any atom is 0.335 e. The molecular weight excluding hydrogens is 268 g/mol. The summed E-state index contributed by atoms with van der Waals surface area (Å²) in [7, 11) is 0. The summed E-state index contributed by atoms with van der Waals surface area (Å²) in [6, 6.07) is 7.67. The summed E-state index contributed by atoms with van der Waals surface area (Å²) >= 11 is 0. The van der Waals surface area contributed by atoms with E-state index in [4.69, 9.17) is 9.84 Å². The molecule has 0 radical (unpaired) electrons. The first-order valence-electron chi connectivity index (χ1n) is 7.56. The minimum atomic E-state index is -0.936. The van der Waals surface area contributed by atoms with E-state index in [2.05, 4.69) is 24.3 Å². The number of hydrogen-bond donors (Lipinski definition) is 2. The number of rotatable bonds is 6. The SMILES string of the molecule is CC1CCCC(C)N1NCCOc1cccc(C(=O)O)c1. The van der Waals surface area contributed by atoms with Crippen molar-refractivity contribution in [2.45, 2.75) is 45.2 Å². The van der Waals surface area contributed by atoms with E-state index in [1.165, 1.54) is 19.3 Å². The fraction of sp³-hybridized carbons (Fsp3) is 0.562. The molecule has 5 heteroatoms. The first-order chi connectivity index (χ1) is 10.1. The van der Waals surface area contributed by atoms with Crippen LogP contribution in [0.4, 0.5) is 0 Å². The fourth-order valence-electron chi connectivity index (χ4n) is 2.80. The van der Waals surface area contributed by atoms with Crippen molar-refractivity contribution >= 4 is 5.97 Å². The van der Waals surface area contributed by atoms with E-state index in [1.54, 1.807) is 24.3 Å². The number of carboxylic acids is 1. The van der Waals surface area contributed by atoms with Gasteiger partial charge in [-0.2, -0.15) is 0 Å². The highest BCUT2D eigenvalue weighted by Gasteiger charge is 2.23.